The first-order valence-electron chi connectivity index (χ1n) is 10.0. The maximum atomic E-state index is 13.1. The molecule has 0 aliphatic carbocycles. The molecule has 0 aliphatic heterocycles. The number of carbonyl (C=O) groups excluding carboxylic acids is 1. The van der Waals surface area contributed by atoms with Crippen molar-refractivity contribution in [3.8, 4) is 34.5 Å². The summed E-state index contributed by atoms with van der Waals surface area (Å²) in [5, 5.41) is 12.3. The van der Waals surface area contributed by atoms with E-state index in [0.717, 1.165) is 26.0 Å². The number of aromatic hydroxyl groups is 1. The van der Waals surface area contributed by atoms with Crippen molar-refractivity contribution in [2.24, 2.45) is 5.41 Å². The highest BCUT2D eigenvalue weighted by Crippen LogP contribution is 2.37. The molecule has 0 saturated carbocycles. The third kappa shape index (κ3) is 6.33. The second kappa shape index (κ2) is 9.80. The molecular formula is C22H17ClF6N4O3. The topological polar surface area (TPSA) is 97.2 Å². The first-order valence-corrected chi connectivity index (χ1v) is 10.4. The molecule has 0 unspecified atom stereocenters. The lowest BCUT2D eigenvalue weighted by atomic mass is 9.91. The first-order chi connectivity index (χ1) is 16.6. The van der Waals surface area contributed by atoms with Crippen molar-refractivity contribution in [1.82, 2.24) is 20.3 Å². The summed E-state index contributed by atoms with van der Waals surface area (Å²) in [6.07, 6.45) is -9.69. The van der Waals surface area contributed by atoms with Gasteiger partial charge in [0.2, 0.25) is 5.91 Å². The molecule has 0 spiro atoms. The third-order valence-electron chi connectivity index (χ3n) is 4.95. The Hall–Kier alpha value is -3.61. The van der Waals surface area contributed by atoms with Crippen LogP contribution in [0, 0.1) is 5.41 Å². The maximum absolute atomic E-state index is 13.1. The quantitative estimate of drug-likeness (QED) is 0.396. The summed E-state index contributed by atoms with van der Waals surface area (Å²) in [5.41, 5.74) is -2.10. The molecule has 0 bridgehead atoms. The van der Waals surface area contributed by atoms with Crippen LogP contribution in [0.1, 0.15) is 19.4 Å². The standard InChI is InChI=1S/C22H17ClF6N4O3/c1-20(2,21(24,25)26)18(34)30-10-11-6-7-15(23)14(8-11)17-31-16(32-19(35)33-17)12-4-3-5-13(9-12)36-22(27,28)29/h3-9H,10H2,1-2H3,(H,30,34)(H,31,32,33,35). The van der Waals surface area contributed by atoms with Crippen molar-refractivity contribution in [3.05, 3.63) is 53.1 Å². The summed E-state index contributed by atoms with van der Waals surface area (Å²) in [6, 6.07) is 8.14. The van der Waals surface area contributed by atoms with Crippen LogP contribution in [0.4, 0.5) is 26.3 Å². The number of amides is 1. The molecule has 14 heteroatoms. The molecule has 0 atom stereocenters. The van der Waals surface area contributed by atoms with Crippen molar-refractivity contribution < 1.29 is 41.0 Å². The van der Waals surface area contributed by atoms with Gasteiger partial charge in [0.1, 0.15) is 11.2 Å². The van der Waals surface area contributed by atoms with E-state index in [1.165, 1.54) is 30.3 Å². The van der Waals surface area contributed by atoms with E-state index in [1.54, 1.807) is 0 Å². The van der Waals surface area contributed by atoms with Crippen LogP contribution >= 0.6 is 11.6 Å². The van der Waals surface area contributed by atoms with Gasteiger partial charge in [-0.2, -0.15) is 23.1 Å². The fourth-order valence-corrected chi connectivity index (χ4v) is 3.03. The Morgan fingerprint density at radius 1 is 1.00 bits per heavy atom. The van der Waals surface area contributed by atoms with Gasteiger partial charge < -0.3 is 15.2 Å². The number of benzene rings is 2. The monoisotopic (exact) mass is 534 g/mol. The number of ether oxygens (including phenoxy) is 1. The summed E-state index contributed by atoms with van der Waals surface area (Å²) >= 11 is 6.21. The Bertz CT molecular complexity index is 1280. The smallest absolute Gasteiger partial charge is 0.479 e. The van der Waals surface area contributed by atoms with Crippen LogP contribution in [-0.2, 0) is 11.3 Å². The van der Waals surface area contributed by atoms with Crippen LogP contribution in [0.2, 0.25) is 5.02 Å². The van der Waals surface area contributed by atoms with Crippen molar-refractivity contribution >= 4 is 17.5 Å². The number of carbonyl (C=O) groups is 1. The highest BCUT2D eigenvalue weighted by Gasteiger charge is 2.52. The Morgan fingerprint density at radius 3 is 2.31 bits per heavy atom. The molecule has 0 radical (unpaired) electrons. The zero-order valence-electron chi connectivity index (χ0n) is 18.5. The molecule has 192 valence electrons. The van der Waals surface area contributed by atoms with Crippen LogP contribution in [0.3, 0.4) is 0 Å². The summed E-state index contributed by atoms with van der Waals surface area (Å²) in [4.78, 5) is 23.7. The number of halogens is 7. The average Bonchev–Trinajstić information content (AvgIpc) is 2.76. The summed E-state index contributed by atoms with van der Waals surface area (Å²) in [5.74, 6) is -2.16. The van der Waals surface area contributed by atoms with Crippen molar-refractivity contribution in [2.75, 3.05) is 0 Å². The third-order valence-corrected chi connectivity index (χ3v) is 5.28. The van der Waals surface area contributed by atoms with Gasteiger partial charge in [-0.25, -0.2) is 4.98 Å². The van der Waals surface area contributed by atoms with E-state index in [4.69, 9.17) is 11.6 Å². The van der Waals surface area contributed by atoms with E-state index in [1.807, 2.05) is 0 Å². The molecule has 2 aromatic carbocycles. The van der Waals surface area contributed by atoms with Crippen LogP contribution in [0.15, 0.2) is 42.5 Å². The van der Waals surface area contributed by atoms with Gasteiger partial charge in [-0.15, -0.1) is 13.2 Å². The number of hydrogen-bond acceptors (Lipinski definition) is 6. The van der Waals surface area contributed by atoms with Crippen LogP contribution < -0.4 is 10.1 Å². The predicted molar refractivity (Wildman–Crippen MR) is 116 cm³/mol. The molecule has 1 amide bonds. The SMILES string of the molecule is CC(C)(C(=O)NCc1ccc(Cl)c(-c2nc(O)nc(-c3cccc(OC(F)(F)F)c3)n2)c1)C(F)(F)F. The summed E-state index contributed by atoms with van der Waals surface area (Å²) in [7, 11) is 0. The van der Waals surface area contributed by atoms with E-state index in [-0.39, 0.29) is 34.3 Å². The molecule has 1 aromatic heterocycles. The summed E-state index contributed by atoms with van der Waals surface area (Å²) in [6.45, 7) is 1.21. The number of aromatic nitrogens is 3. The Morgan fingerprint density at radius 2 is 1.67 bits per heavy atom. The van der Waals surface area contributed by atoms with Gasteiger partial charge in [0.25, 0.3) is 0 Å². The number of rotatable bonds is 6. The largest absolute Gasteiger partial charge is 0.573 e. The second-order valence-corrected chi connectivity index (χ2v) is 8.39. The van der Waals surface area contributed by atoms with E-state index >= 15 is 0 Å². The number of hydrogen-bond donors (Lipinski definition) is 2. The van der Waals surface area contributed by atoms with Crippen LogP contribution in [-0.4, -0.2) is 38.5 Å². The van der Waals surface area contributed by atoms with Crippen molar-refractivity contribution in [2.45, 2.75) is 32.9 Å². The Kier molecular flexibility index (Phi) is 7.35. The molecule has 0 fully saturated rings. The van der Waals surface area contributed by atoms with Crippen LogP contribution in [0.5, 0.6) is 11.8 Å². The maximum Gasteiger partial charge on any atom is 0.573 e. The van der Waals surface area contributed by atoms with Gasteiger partial charge in [0.15, 0.2) is 11.6 Å². The first kappa shape index (κ1) is 27.0. The molecule has 0 aliphatic rings. The highest BCUT2D eigenvalue weighted by atomic mass is 35.5. The lowest BCUT2D eigenvalue weighted by molar-refractivity contribution is -0.274. The number of alkyl halides is 6. The summed E-state index contributed by atoms with van der Waals surface area (Å²) < 4.78 is 80.8. The highest BCUT2D eigenvalue weighted by molar-refractivity contribution is 6.33. The van der Waals surface area contributed by atoms with Gasteiger partial charge in [0, 0.05) is 17.7 Å². The van der Waals surface area contributed by atoms with Gasteiger partial charge in [0.05, 0.1) is 5.02 Å². The number of nitrogens with zero attached hydrogens (tertiary/aromatic N) is 3. The molecule has 2 N–H and O–H groups in total. The van der Waals surface area contributed by atoms with E-state index in [2.05, 4.69) is 25.0 Å². The fraction of sp³-hybridized carbons (Fsp3) is 0.273. The molecule has 3 rings (SSSR count). The zero-order chi connectivity index (χ0) is 26.9. The molecule has 3 aromatic rings. The van der Waals surface area contributed by atoms with E-state index in [0.29, 0.717) is 5.56 Å². The zero-order valence-corrected chi connectivity index (χ0v) is 19.3. The van der Waals surface area contributed by atoms with Crippen molar-refractivity contribution in [3.63, 3.8) is 0 Å². The van der Waals surface area contributed by atoms with Gasteiger partial charge in [-0.1, -0.05) is 29.8 Å². The molecule has 7 nitrogen and oxygen atoms in total. The van der Waals surface area contributed by atoms with Gasteiger partial charge in [-0.05, 0) is 43.7 Å². The van der Waals surface area contributed by atoms with E-state index < -0.39 is 35.6 Å². The van der Waals surface area contributed by atoms with Crippen LogP contribution in [0.25, 0.3) is 22.8 Å². The molecule has 1 heterocycles. The normalized spacial score (nSPS) is 12.4. The molecule has 0 saturated heterocycles. The minimum atomic E-state index is -4.93. The minimum absolute atomic E-state index is 0.0598. The lowest BCUT2D eigenvalue weighted by Gasteiger charge is -2.26. The van der Waals surface area contributed by atoms with Crippen molar-refractivity contribution in [1.29, 1.82) is 0 Å². The number of nitrogens with one attached hydrogen (secondary N) is 1. The minimum Gasteiger partial charge on any atom is -0.479 e. The van der Waals surface area contributed by atoms with Gasteiger partial charge in [-0.3, -0.25) is 4.79 Å². The average molecular weight is 535 g/mol. The Balaban J connectivity index is 1.91. The Labute approximate surface area is 205 Å². The molecule has 36 heavy (non-hydrogen) atoms. The fourth-order valence-electron chi connectivity index (χ4n) is 2.83. The van der Waals surface area contributed by atoms with Gasteiger partial charge >= 0.3 is 18.5 Å². The van der Waals surface area contributed by atoms with E-state index in [9.17, 15) is 36.2 Å². The lowest BCUT2D eigenvalue weighted by Crippen LogP contribution is -2.46. The second-order valence-electron chi connectivity index (χ2n) is 7.98. The molecular weight excluding hydrogens is 518 g/mol. The predicted octanol–water partition coefficient (Wildman–Crippen LogP) is 5.67.